The third kappa shape index (κ3) is 1.90. The zero-order valence-corrected chi connectivity index (χ0v) is 7.33. The van der Waals surface area contributed by atoms with Crippen LogP contribution in [0.5, 0.6) is 0 Å². The Morgan fingerprint density at radius 3 is 2.92 bits per heavy atom. The molecule has 0 N–H and O–H groups in total. The van der Waals surface area contributed by atoms with Gasteiger partial charge in [-0.2, -0.15) is 0 Å². The van der Waals surface area contributed by atoms with Crippen LogP contribution in [-0.2, 0) is 10.3 Å². The maximum atomic E-state index is 5.39. The van der Waals surface area contributed by atoms with Crippen LogP contribution < -0.4 is 0 Å². The van der Waals surface area contributed by atoms with E-state index in [2.05, 4.69) is 5.92 Å². The van der Waals surface area contributed by atoms with Gasteiger partial charge in [0.05, 0.1) is 6.26 Å². The Labute approximate surface area is 72.5 Å². The molecule has 1 rings (SSSR count). The van der Waals surface area contributed by atoms with Crippen molar-refractivity contribution in [2.75, 3.05) is 6.61 Å². The van der Waals surface area contributed by atoms with Gasteiger partial charge in [0.25, 0.3) is 0 Å². The lowest BCUT2D eigenvalue weighted by molar-refractivity contribution is -0.0183. The molecule has 2 nitrogen and oxygen atoms in total. The first kappa shape index (κ1) is 8.89. The second-order valence-corrected chi connectivity index (χ2v) is 2.98. The second kappa shape index (κ2) is 3.46. The molecule has 0 fully saturated rings. The van der Waals surface area contributed by atoms with E-state index in [1.54, 1.807) is 6.26 Å². The Kier molecular flexibility index (Phi) is 2.57. The highest BCUT2D eigenvalue weighted by Gasteiger charge is 2.23. The van der Waals surface area contributed by atoms with Gasteiger partial charge in [0.1, 0.15) is 18.0 Å². The van der Waals surface area contributed by atoms with Crippen molar-refractivity contribution in [2.45, 2.75) is 19.4 Å². The molecule has 0 aromatic carbocycles. The van der Waals surface area contributed by atoms with E-state index in [1.807, 2.05) is 26.0 Å². The van der Waals surface area contributed by atoms with E-state index in [0.29, 0.717) is 6.61 Å². The average Bonchev–Trinajstić information content (AvgIpc) is 2.53. The Bertz CT molecular complexity index is 265. The van der Waals surface area contributed by atoms with E-state index in [1.165, 1.54) is 0 Å². The summed E-state index contributed by atoms with van der Waals surface area (Å²) in [7, 11) is 0. The Morgan fingerprint density at radius 1 is 1.67 bits per heavy atom. The van der Waals surface area contributed by atoms with E-state index in [0.717, 1.165) is 5.76 Å². The molecule has 0 aliphatic carbocycles. The van der Waals surface area contributed by atoms with Gasteiger partial charge < -0.3 is 9.15 Å². The summed E-state index contributed by atoms with van der Waals surface area (Å²) in [6.45, 7) is 4.14. The van der Waals surface area contributed by atoms with Crippen molar-refractivity contribution in [3.05, 3.63) is 24.2 Å². The molecule has 0 saturated carbocycles. The number of terminal acetylenes is 1. The lowest BCUT2D eigenvalue weighted by atomic mass is 10.1. The third-order valence-corrected chi connectivity index (χ3v) is 1.63. The summed E-state index contributed by atoms with van der Waals surface area (Å²) in [4.78, 5) is 0. The van der Waals surface area contributed by atoms with Crippen LogP contribution in [0.3, 0.4) is 0 Å². The van der Waals surface area contributed by atoms with E-state index >= 15 is 0 Å². The third-order valence-electron chi connectivity index (χ3n) is 1.63. The molecule has 1 heterocycles. The minimum atomic E-state index is -0.435. The van der Waals surface area contributed by atoms with Gasteiger partial charge in [-0.05, 0) is 26.0 Å². The lowest BCUT2D eigenvalue weighted by Gasteiger charge is -2.21. The highest BCUT2D eigenvalue weighted by Crippen LogP contribution is 2.24. The van der Waals surface area contributed by atoms with Crippen LogP contribution in [0.2, 0.25) is 0 Å². The zero-order chi connectivity index (χ0) is 9.03. The largest absolute Gasteiger partial charge is 0.466 e. The van der Waals surface area contributed by atoms with Gasteiger partial charge in [-0.1, -0.05) is 5.92 Å². The van der Waals surface area contributed by atoms with Gasteiger partial charge in [0, 0.05) is 0 Å². The summed E-state index contributed by atoms with van der Waals surface area (Å²) >= 11 is 0. The van der Waals surface area contributed by atoms with Crippen molar-refractivity contribution >= 4 is 0 Å². The summed E-state index contributed by atoms with van der Waals surface area (Å²) < 4.78 is 10.6. The van der Waals surface area contributed by atoms with Gasteiger partial charge in [0.15, 0.2) is 0 Å². The average molecular weight is 164 g/mol. The van der Waals surface area contributed by atoms with Gasteiger partial charge in [-0.3, -0.25) is 0 Å². The van der Waals surface area contributed by atoms with E-state index in [9.17, 15) is 0 Å². The maximum Gasteiger partial charge on any atom is 0.135 e. The summed E-state index contributed by atoms with van der Waals surface area (Å²) in [5.41, 5.74) is -0.435. The van der Waals surface area contributed by atoms with E-state index in [4.69, 9.17) is 15.6 Å². The van der Waals surface area contributed by atoms with Crippen molar-refractivity contribution in [3.63, 3.8) is 0 Å². The highest BCUT2D eigenvalue weighted by atomic mass is 16.5. The van der Waals surface area contributed by atoms with Crippen molar-refractivity contribution in [2.24, 2.45) is 0 Å². The molecule has 0 saturated heterocycles. The lowest BCUT2D eigenvalue weighted by Crippen LogP contribution is -2.20. The fourth-order valence-electron chi connectivity index (χ4n) is 0.914. The van der Waals surface area contributed by atoms with Crippen LogP contribution in [0.1, 0.15) is 19.6 Å². The van der Waals surface area contributed by atoms with Crippen molar-refractivity contribution in [3.8, 4) is 12.3 Å². The smallest absolute Gasteiger partial charge is 0.135 e. The molecule has 0 aliphatic heterocycles. The first-order chi connectivity index (χ1) is 5.67. The van der Waals surface area contributed by atoms with Gasteiger partial charge in [-0.25, -0.2) is 0 Å². The van der Waals surface area contributed by atoms with Crippen LogP contribution in [0.15, 0.2) is 22.8 Å². The summed E-state index contributed by atoms with van der Waals surface area (Å²) in [5, 5.41) is 0. The molecule has 0 aliphatic rings. The fourth-order valence-corrected chi connectivity index (χ4v) is 0.914. The van der Waals surface area contributed by atoms with Gasteiger partial charge in [-0.15, -0.1) is 6.42 Å². The van der Waals surface area contributed by atoms with Crippen molar-refractivity contribution in [1.29, 1.82) is 0 Å². The molecule has 0 unspecified atom stereocenters. The molecule has 12 heavy (non-hydrogen) atoms. The van der Waals surface area contributed by atoms with Gasteiger partial charge in [0.2, 0.25) is 0 Å². The minimum absolute atomic E-state index is 0.299. The number of hydrogen-bond acceptors (Lipinski definition) is 2. The standard InChI is InChI=1S/C10H12O2/c1-4-7-12-10(2,3)9-6-5-8-11-9/h1,5-6,8H,7H2,2-3H3. The number of ether oxygens (including phenoxy) is 1. The first-order valence-corrected chi connectivity index (χ1v) is 3.78. The topological polar surface area (TPSA) is 22.4 Å². The maximum absolute atomic E-state index is 5.39. The minimum Gasteiger partial charge on any atom is -0.466 e. The summed E-state index contributed by atoms with van der Waals surface area (Å²) in [6.07, 6.45) is 6.70. The predicted molar refractivity (Wildman–Crippen MR) is 46.5 cm³/mol. The highest BCUT2D eigenvalue weighted by molar-refractivity contribution is 5.07. The quantitative estimate of drug-likeness (QED) is 0.639. The van der Waals surface area contributed by atoms with E-state index in [-0.39, 0.29) is 0 Å². The summed E-state index contributed by atoms with van der Waals surface area (Å²) in [5.74, 6) is 3.21. The Morgan fingerprint density at radius 2 is 2.42 bits per heavy atom. The number of furan rings is 1. The molecule has 64 valence electrons. The molecule has 0 bridgehead atoms. The fraction of sp³-hybridized carbons (Fsp3) is 0.400. The van der Waals surface area contributed by atoms with Crippen LogP contribution in [0.4, 0.5) is 0 Å². The van der Waals surface area contributed by atoms with Crippen LogP contribution in [0.25, 0.3) is 0 Å². The molecule has 1 aromatic rings. The number of rotatable bonds is 3. The van der Waals surface area contributed by atoms with Crippen LogP contribution >= 0.6 is 0 Å². The molecular formula is C10H12O2. The van der Waals surface area contributed by atoms with E-state index < -0.39 is 5.60 Å². The molecular weight excluding hydrogens is 152 g/mol. The normalized spacial score (nSPS) is 11.1. The molecule has 0 spiro atoms. The molecule has 1 aromatic heterocycles. The van der Waals surface area contributed by atoms with Crippen molar-refractivity contribution in [1.82, 2.24) is 0 Å². The molecule has 2 heteroatoms. The SMILES string of the molecule is C#CCOC(C)(C)c1ccco1. The Balaban J connectivity index is 2.67. The Hall–Kier alpha value is -1.20. The molecule has 0 amide bonds. The summed E-state index contributed by atoms with van der Waals surface area (Å²) in [6, 6.07) is 3.70. The van der Waals surface area contributed by atoms with Crippen LogP contribution in [-0.4, -0.2) is 6.61 Å². The zero-order valence-electron chi connectivity index (χ0n) is 7.33. The van der Waals surface area contributed by atoms with Crippen molar-refractivity contribution < 1.29 is 9.15 Å². The number of hydrogen-bond donors (Lipinski definition) is 0. The van der Waals surface area contributed by atoms with Crippen LogP contribution in [0, 0.1) is 12.3 Å². The monoisotopic (exact) mass is 164 g/mol. The van der Waals surface area contributed by atoms with Gasteiger partial charge >= 0.3 is 0 Å². The molecule has 0 radical (unpaired) electrons. The first-order valence-electron chi connectivity index (χ1n) is 3.78. The molecule has 0 atom stereocenters. The predicted octanol–water partition coefficient (Wildman–Crippen LogP) is 2.16. The second-order valence-electron chi connectivity index (χ2n) is 2.98.